The Morgan fingerprint density at radius 3 is 3.00 bits per heavy atom. The second kappa shape index (κ2) is 3.38. The highest BCUT2D eigenvalue weighted by Gasteiger charge is 2.30. The van der Waals surface area contributed by atoms with E-state index in [4.69, 9.17) is 11.1 Å². The molecule has 0 amide bonds. The second-order valence-corrected chi connectivity index (χ2v) is 3.75. The van der Waals surface area contributed by atoms with Gasteiger partial charge in [0.05, 0.1) is 0 Å². The maximum absolute atomic E-state index is 7.16. The van der Waals surface area contributed by atoms with Crippen LogP contribution < -0.4 is 11.1 Å². The first-order valence-corrected chi connectivity index (χ1v) is 4.78. The van der Waals surface area contributed by atoms with Gasteiger partial charge in [0.25, 0.3) is 0 Å². The van der Waals surface area contributed by atoms with Crippen LogP contribution in [0.1, 0.15) is 12.8 Å². The molecule has 13 heavy (non-hydrogen) atoms. The minimum atomic E-state index is 0.139. The molecule has 2 aliphatic rings. The van der Waals surface area contributed by atoms with Gasteiger partial charge in [0.15, 0.2) is 0 Å². The van der Waals surface area contributed by atoms with Crippen LogP contribution in [0.15, 0.2) is 11.8 Å². The van der Waals surface area contributed by atoms with Gasteiger partial charge in [0.2, 0.25) is 0 Å². The van der Waals surface area contributed by atoms with Gasteiger partial charge in [-0.25, -0.2) is 0 Å². The standard InChI is InChI=1S/C9H16N4/c10-9(11)5-7-6-13(4-3-12-7)8-1-2-8/h5,8,12H,1-4,6H2,(H3,10,11)/b7-5-. The summed E-state index contributed by atoms with van der Waals surface area (Å²) in [4.78, 5) is 2.46. The third kappa shape index (κ3) is 2.21. The summed E-state index contributed by atoms with van der Waals surface area (Å²) in [5.41, 5.74) is 6.40. The number of hydrogen-bond acceptors (Lipinski definition) is 3. The maximum atomic E-state index is 7.16. The van der Waals surface area contributed by atoms with Crippen molar-refractivity contribution < 1.29 is 0 Å². The Bertz CT molecular complexity index is 242. The summed E-state index contributed by atoms with van der Waals surface area (Å²) < 4.78 is 0. The Hall–Kier alpha value is -1.03. The number of nitrogens with one attached hydrogen (secondary N) is 2. The van der Waals surface area contributed by atoms with E-state index in [9.17, 15) is 0 Å². The van der Waals surface area contributed by atoms with Crippen LogP contribution >= 0.6 is 0 Å². The summed E-state index contributed by atoms with van der Waals surface area (Å²) >= 11 is 0. The Balaban J connectivity index is 1.94. The van der Waals surface area contributed by atoms with Crippen molar-refractivity contribution in [3.8, 4) is 0 Å². The van der Waals surface area contributed by atoms with E-state index >= 15 is 0 Å². The smallest absolute Gasteiger partial charge is 0.117 e. The van der Waals surface area contributed by atoms with Gasteiger partial charge in [-0.1, -0.05) is 0 Å². The van der Waals surface area contributed by atoms with E-state index in [1.165, 1.54) is 12.8 Å². The number of nitrogens with zero attached hydrogens (tertiary/aromatic N) is 1. The summed E-state index contributed by atoms with van der Waals surface area (Å²) in [5, 5.41) is 10.4. The molecule has 4 N–H and O–H groups in total. The van der Waals surface area contributed by atoms with Crippen LogP contribution in [0, 0.1) is 5.41 Å². The van der Waals surface area contributed by atoms with E-state index in [0.29, 0.717) is 0 Å². The molecule has 72 valence electrons. The Kier molecular flexibility index (Phi) is 2.22. The topological polar surface area (TPSA) is 65.1 Å². The second-order valence-electron chi connectivity index (χ2n) is 3.75. The van der Waals surface area contributed by atoms with Crippen LogP contribution in [0.5, 0.6) is 0 Å². The van der Waals surface area contributed by atoms with Crippen molar-refractivity contribution in [3.63, 3.8) is 0 Å². The number of rotatable bonds is 2. The highest BCUT2D eigenvalue weighted by Crippen LogP contribution is 2.27. The molecule has 0 spiro atoms. The van der Waals surface area contributed by atoms with E-state index < -0.39 is 0 Å². The lowest BCUT2D eigenvalue weighted by Crippen LogP contribution is -2.43. The molecule has 2 fully saturated rings. The van der Waals surface area contributed by atoms with Crippen molar-refractivity contribution in [1.29, 1.82) is 5.41 Å². The number of hydrogen-bond donors (Lipinski definition) is 3. The van der Waals surface area contributed by atoms with Gasteiger partial charge in [-0.3, -0.25) is 10.3 Å². The van der Waals surface area contributed by atoms with E-state index in [1.54, 1.807) is 6.08 Å². The van der Waals surface area contributed by atoms with Gasteiger partial charge in [0, 0.05) is 31.4 Å². The van der Waals surface area contributed by atoms with Crippen LogP contribution in [0.2, 0.25) is 0 Å². The highest BCUT2D eigenvalue weighted by atomic mass is 15.2. The monoisotopic (exact) mass is 180 g/mol. The molecular formula is C9H16N4. The molecule has 1 heterocycles. The molecule has 0 aromatic heterocycles. The van der Waals surface area contributed by atoms with E-state index in [-0.39, 0.29) is 5.84 Å². The third-order valence-corrected chi connectivity index (χ3v) is 2.52. The lowest BCUT2D eigenvalue weighted by atomic mass is 10.2. The molecule has 1 saturated heterocycles. The molecule has 1 aliphatic carbocycles. The van der Waals surface area contributed by atoms with E-state index in [2.05, 4.69) is 10.2 Å². The van der Waals surface area contributed by atoms with Gasteiger partial charge in [-0.15, -0.1) is 0 Å². The summed E-state index contributed by atoms with van der Waals surface area (Å²) in [6, 6.07) is 0.803. The predicted molar refractivity (Wildman–Crippen MR) is 52.6 cm³/mol. The van der Waals surface area contributed by atoms with Crippen LogP contribution in [0.4, 0.5) is 0 Å². The first-order valence-electron chi connectivity index (χ1n) is 4.78. The molecule has 0 bridgehead atoms. The molecule has 0 atom stereocenters. The summed E-state index contributed by atoms with van der Waals surface area (Å²) in [6.07, 6.45) is 4.40. The summed E-state index contributed by atoms with van der Waals surface area (Å²) in [7, 11) is 0. The van der Waals surface area contributed by atoms with Crippen LogP contribution in [-0.2, 0) is 0 Å². The molecule has 0 aromatic rings. The van der Waals surface area contributed by atoms with Gasteiger partial charge in [-0.05, 0) is 18.9 Å². The Morgan fingerprint density at radius 2 is 2.38 bits per heavy atom. The fourth-order valence-electron chi connectivity index (χ4n) is 1.75. The highest BCUT2D eigenvalue weighted by molar-refractivity contribution is 5.89. The quantitative estimate of drug-likeness (QED) is 0.410. The van der Waals surface area contributed by atoms with Gasteiger partial charge in [0.1, 0.15) is 5.84 Å². The molecule has 4 nitrogen and oxygen atoms in total. The first kappa shape index (κ1) is 8.56. The lowest BCUT2D eigenvalue weighted by molar-refractivity contribution is 0.257. The molecule has 1 saturated carbocycles. The minimum absolute atomic E-state index is 0.139. The van der Waals surface area contributed by atoms with Crippen molar-refractivity contribution in [2.24, 2.45) is 5.73 Å². The number of amidine groups is 1. The van der Waals surface area contributed by atoms with Crippen molar-refractivity contribution in [2.45, 2.75) is 18.9 Å². The van der Waals surface area contributed by atoms with Crippen LogP contribution in [0.3, 0.4) is 0 Å². The lowest BCUT2D eigenvalue weighted by Gasteiger charge is -2.29. The molecule has 0 radical (unpaired) electrons. The maximum Gasteiger partial charge on any atom is 0.117 e. The van der Waals surface area contributed by atoms with Crippen molar-refractivity contribution >= 4 is 5.84 Å². The Labute approximate surface area is 78.3 Å². The van der Waals surface area contributed by atoms with E-state index in [0.717, 1.165) is 31.4 Å². The van der Waals surface area contributed by atoms with Crippen LogP contribution in [0.25, 0.3) is 0 Å². The van der Waals surface area contributed by atoms with Gasteiger partial charge < -0.3 is 11.1 Å². The zero-order valence-electron chi connectivity index (χ0n) is 7.71. The number of piperazine rings is 1. The van der Waals surface area contributed by atoms with E-state index in [1.807, 2.05) is 0 Å². The predicted octanol–water partition coefficient (Wildman–Crippen LogP) is -0.126. The van der Waals surface area contributed by atoms with Crippen molar-refractivity contribution in [3.05, 3.63) is 11.8 Å². The largest absolute Gasteiger partial charge is 0.386 e. The normalized spacial score (nSPS) is 27.2. The first-order chi connectivity index (χ1) is 6.25. The fraction of sp³-hybridized carbons (Fsp3) is 0.667. The molecule has 0 aromatic carbocycles. The zero-order chi connectivity index (χ0) is 9.26. The van der Waals surface area contributed by atoms with Gasteiger partial charge in [-0.2, -0.15) is 0 Å². The number of nitrogens with two attached hydrogens (primary N) is 1. The summed E-state index contributed by atoms with van der Waals surface area (Å²) in [6.45, 7) is 3.04. The third-order valence-electron chi connectivity index (χ3n) is 2.52. The zero-order valence-corrected chi connectivity index (χ0v) is 7.71. The average molecular weight is 180 g/mol. The average Bonchev–Trinajstić information content (AvgIpc) is 2.85. The molecule has 0 unspecified atom stereocenters. The molecule has 4 heteroatoms. The fourth-order valence-corrected chi connectivity index (χ4v) is 1.75. The molecular weight excluding hydrogens is 164 g/mol. The van der Waals surface area contributed by atoms with Crippen molar-refractivity contribution in [1.82, 2.24) is 10.2 Å². The Morgan fingerprint density at radius 1 is 1.62 bits per heavy atom. The molecule has 1 aliphatic heterocycles. The van der Waals surface area contributed by atoms with Crippen molar-refractivity contribution in [2.75, 3.05) is 19.6 Å². The SMILES string of the molecule is N=C(N)/C=C1/CN(C2CC2)CCN1. The van der Waals surface area contributed by atoms with Gasteiger partial charge >= 0.3 is 0 Å². The summed E-state index contributed by atoms with van der Waals surface area (Å²) in [5.74, 6) is 0.139. The van der Waals surface area contributed by atoms with Crippen LogP contribution in [-0.4, -0.2) is 36.4 Å². The minimum Gasteiger partial charge on any atom is -0.386 e. The molecule has 2 rings (SSSR count).